The Morgan fingerprint density at radius 1 is 1.29 bits per heavy atom. The lowest BCUT2D eigenvalue weighted by atomic mass is 10.00. The smallest absolute Gasteiger partial charge is 0.0623 e. The minimum Gasteiger partial charge on any atom is -0.381 e. The molecule has 2 unspecified atom stereocenters. The zero-order chi connectivity index (χ0) is 12.3. The van der Waals surface area contributed by atoms with Gasteiger partial charge in [-0.15, -0.1) is 0 Å². The van der Waals surface area contributed by atoms with Gasteiger partial charge < -0.3 is 14.8 Å². The highest BCUT2D eigenvalue weighted by molar-refractivity contribution is 4.78. The Morgan fingerprint density at radius 3 is 2.82 bits per heavy atom. The number of ether oxygens (including phenoxy) is 2. The predicted molar refractivity (Wildman–Crippen MR) is 71.4 cm³/mol. The number of hydrogen-bond acceptors (Lipinski definition) is 3. The van der Waals surface area contributed by atoms with Crippen molar-refractivity contribution in [3.05, 3.63) is 0 Å². The molecule has 3 nitrogen and oxygen atoms in total. The summed E-state index contributed by atoms with van der Waals surface area (Å²) < 4.78 is 11.2. The summed E-state index contributed by atoms with van der Waals surface area (Å²) in [6.07, 6.45) is 6.30. The molecule has 3 heteroatoms. The number of nitrogens with one attached hydrogen (secondary N) is 1. The van der Waals surface area contributed by atoms with Gasteiger partial charge in [-0.25, -0.2) is 0 Å². The normalized spacial score (nSPS) is 21.9. The van der Waals surface area contributed by atoms with E-state index in [0.29, 0.717) is 12.0 Å². The maximum Gasteiger partial charge on any atom is 0.0623 e. The molecule has 0 radical (unpaired) electrons. The van der Waals surface area contributed by atoms with E-state index in [0.717, 1.165) is 33.0 Å². The minimum atomic E-state index is 0.480. The van der Waals surface area contributed by atoms with E-state index in [2.05, 4.69) is 19.2 Å². The van der Waals surface area contributed by atoms with Gasteiger partial charge in [0.15, 0.2) is 0 Å². The van der Waals surface area contributed by atoms with Gasteiger partial charge in [-0.05, 0) is 19.4 Å². The highest BCUT2D eigenvalue weighted by Crippen LogP contribution is 2.17. The van der Waals surface area contributed by atoms with Crippen LogP contribution >= 0.6 is 0 Å². The molecular formula is C14H29NO2. The molecule has 0 saturated carbocycles. The highest BCUT2D eigenvalue weighted by atomic mass is 16.5. The first-order valence-corrected chi connectivity index (χ1v) is 7.27. The molecule has 2 atom stereocenters. The van der Waals surface area contributed by atoms with E-state index in [1.54, 1.807) is 0 Å². The number of rotatable bonds is 10. The molecule has 1 fully saturated rings. The second-order valence-corrected chi connectivity index (χ2v) is 4.92. The lowest BCUT2D eigenvalue weighted by molar-refractivity contribution is 0.0851. The Morgan fingerprint density at radius 2 is 2.18 bits per heavy atom. The van der Waals surface area contributed by atoms with Crippen molar-refractivity contribution in [1.29, 1.82) is 0 Å². The molecule has 0 amide bonds. The maximum atomic E-state index is 5.79. The number of likely N-dealkylation sites (N-methyl/N-ethyl adjacent to an activating group) is 1. The van der Waals surface area contributed by atoms with Crippen LogP contribution in [0.2, 0.25) is 0 Å². The molecule has 1 aliphatic rings. The van der Waals surface area contributed by atoms with Crippen molar-refractivity contribution in [2.75, 3.05) is 33.0 Å². The van der Waals surface area contributed by atoms with Gasteiger partial charge in [0.2, 0.25) is 0 Å². The van der Waals surface area contributed by atoms with Crippen molar-refractivity contribution in [3.8, 4) is 0 Å². The zero-order valence-corrected chi connectivity index (χ0v) is 11.5. The Balaban J connectivity index is 2.07. The van der Waals surface area contributed by atoms with Gasteiger partial charge in [-0.3, -0.25) is 0 Å². The quantitative estimate of drug-likeness (QED) is 0.598. The van der Waals surface area contributed by atoms with E-state index < -0.39 is 0 Å². The molecule has 17 heavy (non-hydrogen) atoms. The number of unbranched alkanes of at least 4 members (excludes halogenated alkanes) is 3. The SMILES string of the molecule is CCCCCCOCC(NCC)C1CCOC1. The van der Waals surface area contributed by atoms with Crippen molar-refractivity contribution in [2.24, 2.45) is 5.92 Å². The third-order valence-electron chi connectivity index (χ3n) is 3.44. The van der Waals surface area contributed by atoms with Crippen LogP contribution in [0, 0.1) is 5.92 Å². The van der Waals surface area contributed by atoms with Crippen molar-refractivity contribution in [3.63, 3.8) is 0 Å². The van der Waals surface area contributed by atoms with E-state index in [-0.39, 0.29) is 0 Å². The molecule has 1 N–H and O–H groups in total. The summed E-state index contributed by atoms with van der Waals surface area (Å²) in [5, 5.41) is 3.52. The van der Waals surface area contributed by atoms with Crippen molar-refractivity contribution < 1.29 is 9.47 Å². The molecule has 0 aromatic rings. The van der Waals surface area contributed by atoms with Gasteiger partial charge >= 0.3 is 0 Å². The fourth-order valence-corrected chi connectivity index (χ4v) is 2.34. The van der Waals surface area contributed by atoms with Gasteiger partial charge in [0.1, 0.15) is 0 Å². The van der Waals surface area contributed by atoms with Gasteiger partial charge in [-0.2, -0.15) is 0 Å². The summed E-state index contributed by atoms with van der Waals surface area (Å²) in [6, 6.07) is 0.480. The van der Waals surface area contributed by atoms with Crippen molar-refractivity contribution in [2.45, 2.75) is 52.0 Å². The van der Waals surface area contributed by atoms with Gasteiger partial charge in [0.05, 0.1) is 13.2 Å². The molecule has 102 valence electrons. The van der Waals surface area contributed by atoms with Crippen molar-refractivity contribution >= 4 is 0 Å². The number of hydrogen-bond donors (Lipinski definition) is 1. The molecule has 0 aliphatic carbocycles. The lowest BCUT2D eigenvalue weighted by Crippen LogP contribution is -2.40. The topological polar surface area (TPSA) is 30.5 Å². The molecule has 0 aromatic carbocycles. The third kappa shape index (κ3) is 6.39. The molecule has 1 saturated heterocycles. The van der Waals surface area contributed by atoms with Crippen LogP contribution in [0.5, 0.6) is 0 Å². The fraction of sp³-hybridized carbons (Fsp3) is 1.00. The summed E-state index contributed by atoms with van der Waals surface area (Å²) in [4.78, 5) is 0. The third-order valence-corrected chi connectivity index (χ3v) is 3.44. The Kier molecular flexibility index (Phi) is 8.67. The second-order valence-electron chi connectivity index (χ2n) is 4.92. The molecule has 0 bridgehead atoms. The van der Waals surface area contributed by atoms with Crippen LogP contribution < -0.4 is 5.32 Å². The van der Waals surface area contributed by atoms with Gasteiger partial charge in [0.25, 0.3) is 0 Å². The van der Waals surface area contributed by atoms with Crippen LogP contribution in [0.3, 0.4) is 0 Å². The summed E-state index contributed by atoms with van der Waals surface area (Å²) in [5.41, 5.74) is 0. The standard InChI is InChI=1S/C14H29NO2/c1-3-5-6-7-9-16-12-14(15-4-2)13-8-10-17-11-13/h13-15H,3-12H2,1-2H3. The molecule has 1 rings (SSSR count). The van der Waals surface area contributed by atoms with E-state index >= 15 is 0 Å². The van der Waals surface area contributed by atoms with Crippen LogP contribution in [0.15, 0.2) is 0 Å². The summed E-state index contributed by atoms with van der Waals surface area (Å²) in [5.74, 6) is 0.644. The molecular weight excluding hydrogens is 214 g/mol. The average Bonchev–Trinajstić information content (AvgIpc) is 2.86. The van der Waals surface area contributed by atoms with Gasteiger partial charge in [0, 0.05) is 25.2 Å². The van der Waals surface area contributed by atoms with Crippen molar-refractivity contribution in [1.82, 2.24) is 5.32 Å². The lowest BCUT2D eigenvalue weighted by Gasteiger charge is -2.23. The largest absolute Gasteiger partial charge is 0.381 e. The Labute approximate surface area is 106 Å². The van der Waals surface area contributed by atoms with Crippen LogP contribution in [0.1, 0.15) is 46.0 Å². The van der Waals surface area contributed by atoms with E-state index in [9.17, 15) is 0 Å². The Bertz CT molecular complexity index is 170. The first kappa shape index (κ1) is 14.9. The highest BCUT2D eigenvalue weighted by Gasteiger charge is 2.24. The van der Waals surface area contributed by atoms with Crippen LogP contribution in [-0.2, 0) is 9.47 Å². The average molecular weight is 243 g/mol. The van der Waals surface area contributed by atoms with E-state index in [4.69, 9.17) is 9.47 Å². The predicted octanol–water partition coefficient (Wildman–Crippen LogP) is 2.60. The maximum absolute atomic E-state index is 5.79. The van der Waals surface area contributed by atoms with Crippen LogP contribution in [0.25, 0.3) is 0 Å². The van der Waals surface area contributed by atoms with Gasteiger partial charge in [-0.1, -0.05) is 33.1 Å². The Hall–Kier alpha value is -0.120. The molecule has 1 heterocycles. The monoisotopic (exact) mass is 243 g/mol. The summed E-state index contributed by atoms with van der Waals surface area (Å²) in [6.45, 7) is 8.98. The van der Waals surface area contributed by atoms with Crippen LogP contribution in [-0.4, -0.2) is 39.0 Å². The first-order valence-electron chi connectivity index (χ1n) is 7.27. The summed E-state index contributed by atoms with van der Waals surface area (Å²) in [7, 11) is 0. The molecule has 0 spiro atoms. The van der Waals surface area contributed by atoms with E-state index in [1.807, 2.05) is 0 Å². The molecule has 1 aliphatic heterocycles. The fourth-order valence-electron chi connectivity index (χ4n) is 2.34. The van der Waals surface area contributed by atoms with E-state index in [1.165, 1.54) is 32.1 Å². The first-order chi connectivity index (χ1) is 8.38. The summed E-state index contributed by atoms with van der Waals surface area (Å²) >= 11 is 0. The minimum absolute atomic E-state index is 0.480. The second kappa shape index (κ2) is 9.86. The van der Waals surface area contributed by atoms with Crippen LogP contribution in [0.4, 0.5) is 0 Å². The zero-order valence-electron chi connectivity index (χ0n) is 11.5. The molecule has 0 aromatic heterocycles.